The van der Waals surface area contributed by atoms with Crippen LogP contribution in [0.4, 0.5) is 0 Å². The van der Waals surface area contributed by atoms with Gasteiger partial charge in [-0.15, -0.1) is 0 Å². The minimum Gasteiger partial charge on any atom is -0.394 e. The molecule has 17 unspecified atom stereocenters. The maximum absolute atomic E-state index is 13.5. The van der Waals surface area contributed by atoms with Crippen molar-refractivity contribution in [3.05, 3.63) is 12.2 Å². The lowest BCUT2D eigenvalue weighted by molar-refractivity contribution is -0.379. The van der Waals surface area contributed by atoms with E-state index in [1.165, 1.54) is 276 Å². The molecule has 0 aromatic rings. The molecule has 0 aliphatic carbocycles. The van der Waals surface area contributed by atoms with E-state index < -0.39 is 124 Å². The van der Waals surface area contributed by atoms with Gasteiger partial charge in [-0.25, -0.2) is 0 Å². The van der Waals surface area contributed by atoms with E-state index in [1.54, 1.807) is 6.08 Å². The molecule has 19 heteroatoms. The number of aliphatic hydroxyl groups excluding tert-OH is 11. The fourth-order valence-corrected chi connectivity index (χ4v) is 14.1. The largest absolute Gasteiger partial charge is 0.394 e. The van der Waals surface area contributed by atoms with Crippen LogP contribution < -0.4 is 5.32 Å². The zero-order valence-electron chi connectivity index (χ0n) is 61.3. The normalized spacial score (nSPS) is 26.9. The van der Waals surface area contributed by atoms with Gasteiger partial charge < -0.3 is 89.9 Å². The SMILES string of the molecule is CCCCCCCCCCCCCCCCCCCC/C=C/C(O)C(COC1OC(CO)C(OC2OC(CO)C(OC3OC(CO)C(O)C(O)C3O)C(O)C2O)C(O)C1O)NC(=O)CCCCCCCCCCCCCCCCCCCCCCCCCCCCCCCCCC. The molecule has 0 saturated carbocycles. The topological polar surface area (TPSA) is 307 Å². The Kier molecular flexibility index (Phi) is 55.4. The van der Waals surface area contributed by atoms with Gasteiger partial charge in [0.1, 0.15) is 73.2 Å². The van der Waals surface area contributed by atoms with Gasteiger partial charge in [-0.3, -0.25) is 4.79 Å². The van der Waals surface area contributed by atoms with Crippen molar-refractivity contribution in [2.45, 2.75) is 452 Å². The van der Waals surface area contributed by atoms with Crippen LogP contribution in [0.25, 0.3) is 0 Å². The van der Waals surface area contributed by atoms with E-state index in [0.717, 1.165) is 44.9 Å². The summed E-state index contributed by atoms with van der Waals surface area (Å²) < 4.78 is 34.5. The molecule has 12 N–H and O–H groups in total. The Balaban J connectivity index is 1.35. The van der Waals surface area contributed by atoms with E-state index in [1.807, 2.05) is 6.08 Å². The van der Waals surface area contributed by atoms with Crippen LogP contribution in [-0.4, -0.2) is 193 Å². The summed E-state index contributed by atoms with van der Waals surface area (Å²) in [6.07, 6.45) is 43.5. The summed E-state index contributed by atoms with van der Waals surface area (Å²) in [6, 6.07) is -0.970. The Bertz CT molecular complexity index is 1800. The van der Waals surface area contributed by atoms with Crippen molar-refractivity contribution in [3.8, 4) is 0 Å². The van der Waals surface area contributed by atoms with Crippen LogP contribution in [0.2, 0.25) is 0 Å². The molecule has 3 rings (SSSR count). The molecule has 0 spiro atoms. The molecule has 0 radical (unpaired) electrons. The lowest BCUT2D eigenvalue weighted by Crippen LogP contribution is -2.66. The van der Waals surface area contributed by atoms with Gasteiger partial charge in [0, 0.05) is 6.42 Å². The lowest BCUT2D eigenvalue weighted by Gasteiger charge is -2.48. The van der Waals surface area contributed by atoms with Crippen molar-refractivity contribution in [2.24, 2.45) is 0 Å². The highest BCUT2D eigenvalue weighted by Crippen LogP contribution is 2.33. The third kappa shape index (κ3) is 40.4. The summed E-state index contributed by atoms with van der Waals surface area (Å²) in [4.78, 5) is 13.5. The van der Waals surface area contributed by atoms with Gasteiger partial charge in [-0.2, -0.15) is 0 Å². The number of ether oxygens (including phenoxy) is 6. The molecule has 3 fully saturated rings. The van der Waals surface area contributed by atoms with Crippen LogP contribution in [0, 0.1) is 0 Å². The molecular weight excluding hydrogens is 1240 g/mol. The molecule has 0 aromatic carbocycles. The predicted octanol–water partition coefficient (Wildman–Crippen LogP) is 13.2. The fraction of sp³-hybridized carbons (Fsp3) is 0.962. The molecule has 19 nitrogen and oxygen atoms in total. The van der Waals surface area contributed by atoms with Crippen LogP contribution in [0.3, 0.4) is 0 Å². The minimum atomic E-state index is -1.98. The molecule has 0 aromatic heterocycles. The Morgan fingerprint density at radius 3 is 0.969 bits per heavy atom. The van der Waals surface area contributed by atoms with E-state index >= 15 is 0 Å². The second kappa shape index (κ2) is 59.9. The van der Waals surface area contributed by atoms with Gasteiger partial charge in [0.05, 0.1) is 38.6 Å². The Morgan fingerprint density at radius 2 is 0.639 bits per heavy atom. The Morgan fingerprint density at radius 1 is 0.361 bits per heavy atom. The Labute approximate surface area is 588 Å². The maximum Gasteiger partial charge on any atom is 0.220 e. The summed E-state index contributed by atoms with van der Waals surface area (Å²) in [5, 5.41) is 121. The molecule has 17 atom stereocenters. The van der Waals surface area contributed by atoms with Crippen molar-refractivity contribution in [2.75, 3.05) is 26.4 Å². The maximum atomic E-state index is 13.5. The number of hydrogen-bond donors (Lipinski definition) is 12. The highest BCUT2D eigenvalue weighted by molar-refractivity contribution is 5.76. The number of nitrogens with one attached hydrogen (secondary N) is 1. The van der Waals surface area contributed by atoms with Gasteiger partial charge in [0.25, 0.3) is 0 Å². The number of unbranched alkanes of at least 4 members (excludes halogenated alkanes) is 49. The zero-order valence-corrected chi connectivity index (χ0v) is 61.3. The predicted molar refractivity (Wildman–Crippen MR) is 383 cm³/mol. The zero-order chi connectivity index (χ0) is 70.4. The number of carbonyl (C=O) groups is 1. The van der Waals surface area contributed by atoms with Crippen LogP contribution in [-0.2, 0) is 33.2 Å². The second-order valence-electron chi connectivity index (χ2n) is 29.2. The van der Waals surface area contributed by atoms with E-state index in [-0.39, 0.29) is 18.9 Å². The summed E-state index contributed by atoms with van der Waals surface area (Å²) in [6.45, 7) is 1.80. The molecule has 3 heterocycles. The number of hydrogen-bond acceptors (Lipinski definition) is 18. The van der Waals surface area contributed by atoms with Crippen molar-refractivity contribution in [3.63, 3.8) is 0 Å². The quantitative estimate of drug-likeness (QED) is 0.0199. The number of aliphatic hydroxyl groups is 11. The fourth-order valence-electron chi connectivity index (χ4n) is 14.1. The first kappa shape index (κ1) is 89.7. The third-order valence-electron chi connectivity index (χ3n) is 20.6. The molecule has 3 saturated heterocycles. The summed E-state index contributed by atoms with van der Waals surface area (Å²) >= 11 is 0. The highest BCUT2D eigenvalue weighted by Gasteiger charge is 2.54. The first-order valence-corrected chi connectivity index (χ1v) is 40.4. The highest BCUT2D eigenvalue weighted by atomic mass is 16.8. The molecular formula is C78H149NO18. The minimum absolute atomic E-state index is 0.250. The molecule has 97 heavy (non-hydrogen) atoms. The number of allylic oxidation sites excluding steroid dienone is 1. The average Bonchev–Trinajstić information content (AvgIpc) is 0.790. The molecule has 3 aliphatic heterocycles. The second-order valence-corrected chi connectivity index (χ2v) is 29.2. The average molecular weight is 1390 g/mol. The van der Waals surface area contributed by atoms with Crippen LogP contribution in [0.5, 0.6) is 0 Å². The van der Waals surface area contributed by atoms with E-state index in [2.05, 4.69) is 19.2 Å². The number of amides is 1. The van der Waals surface area contributed by atoms with Crippen molar-refractivity contribution in [1.82, 2.24) is 5.32 Å². The summed E-state index contributed by atoms with van der Waals surface area (Å²) in [5.41, 5.74) is 0. The lowest BCUT2D eigenvalue weighted by atomic mass is 9.96. The first-order chi connectivity index (χ1) is 47.3. The van der Waals surface area contributed by atoms with Crippen molar-refractivity contribution < 1.29 is 89.4 Å². The molecule has 1 amide bonds. The summed E-state index contributed by atoms with van der Waals surface area (Å²) in [5.74, 6) is -0.266. The number of carbonyl (C=O) groups excluding carboxylic acids is 1. The van der Waals surface area contributed by atoms with Gasteiger partial charge in [-0.05, 0) is 19.3 Å². The van der Waals surface area contributed by atoms with Gasteiger partial charge >= 0.3 is 0 Å². The van der Waals surface area contributed by atoms with Crippen molar-refractivity contribution in [1.29, 1.82) is 0 Å². The molecule has 3 aliphatic rings. The van der Waals surface area contributed by atoms with Crippen LogP contribution in [0.1, 0.15) is 348 Å². The van der Waals surface area contributed by atoms with Gasteiger partial charge in [-0.1, -0.05) is 334 Å². The van der Waals surface area contributed by atoms with Gasteiger partial charge in [0.15, 0.2) is 18.9 Å². The Hall–Kier alpha value is -1.47. The standard InChI is InChI=1S/C78H149NO18/c1-3-5-7-9-11-13-15-17-19-21-23-25-26-27-28-29-30-31-32-33-34-35-36-38-40-42-44-46-48-50-52-54-56-66(84)79-61(62(83)55-53-51-49-47-45-43-41-39-37-24-22-20-18-16-14-12-10-8-6-4-2)60-92-76-72(90)69(87)74(64(58-81)94-76)97-78-73(91)70(88)75(65(59-82)95-78)96-77-71(89)68(86)67(85)63(57-80)93-77/h53,55,61-65,67-78,80-83,85-91H,3-52,54,56-60H2,1-2H3,(H,79,84)/b55-53+. The van der Waals surface area contributed by atoms with Crippen LogP contribution >= 0.6 is 0 Å². The van der Waals surface area contributed by atoms with E-state index in [9.17, 15) is 61.0 Å². The monoisotopic (exact) mass is 1390 g/mol. The van der Waals surface area contributed by atoms with E-state index in [0.29, 0.717) is 6.42 Å². The number of rotatable bonds is 65. The van der Waals surface area contributed by atoms with Crippen molar-refractivity contribution >= 4 is 5.91 Å². The first-order valence-electron chi connectivity index (χ1n) is 40.4. The smallest absolute Gasteiger partial charge is 0.220 e. The third-order valence-corrected chi connectivity index (χ3v) is 20.6. The van der Waals surface area contributed by atoms with E-state index in [4.69, 9.17) is 28.4 Å². The summed E-state index contributed by atoms with van der Waals surface area (Å²) in [7, 11) is 0. The molecule has 0 bridgehead atoms. The van der Waals surface area contributed by atoms with Gasteiger partial charge in [0.2, 0.25) is 5.91 Å². The van der Waals surface area contributed by atoms with Crippen LogP contribution in [0.15, 0.2) is 12.2 Å². The molecule has 574 valence electrons.